The van der Waals surface area contributed by atoms with Crippen molar-refractivity contribution in [1.29, 1.82) is 0 Å². The molecule has 2 aromatic carbocycles. The lowest BCUT2D eigenvalue weighted by atomic mass is 9.86. The second-order valence-electron chi connectivity index (χ2n) is 7.10. The highest BCUT2D eigenvalue weighted by molar-refractivity contribution is 5.92. The highest BCUT2D eigenvalue weighted by Gasteiger charge is 2.19. The van der Waals surface area contributed by atoms with E-state index in [0.717, 1.165) is 34.5 Å². The minimum absolute atomic E-state index is 0.00455. The second-order valence-corrected chi connectivity index (χ2v) is 7.10. The van der Waals surface area contributed by atoms with E-state index in [4.69, 9.17) is 4.74 Å². The van der Waals surface area contributed by atoms with Gasteiger partial charge in [-0.3, -0.25) is 4.79 Å². The Hall–Kier alpha value is -2.29. The van der Waals surface area contributed by atoms with E-state index in [1.165, 1.54) is 0 Å². The molecule has 0 aliphatic heterocycles. The Bertz CT molecular complexity index is 714. The van der Waals surface area contributed by atoms with Crippen LogP contribution in [0.5, 0.6) is 5.75 Å². The molecule has 0 saturated carbocycles. The van der Waals surface area contributed by atoms with Crippen LogP contribution in [-0.2, 0) is 16.6 Å². The number of anilines is 1. The fraction of sp³-hybridized carbons (Fsp3) is 0.381. The van der Waals surface area contributed by atoms with Crippen molar-refractivity contribution < 1.29 is 9.53 Å². The SMILES string of the molecule is CCc1ccccc1NC(=O)COc1cc(C)ccc1C(C)(C)C. The summed E-state index contributed by atoms with van der Waals surface area (Å²) in [6.07, 6.45) is 0.878. The number of nitrogens with one attached hydrogen (secondary N) is 1. The summed E-state index contributed by atoms with van der Waals surface area (Å²) in [6, 6.07) is 14.0. The van der Waals surface area contributed by atoms with Crippen molar-refractivity contribution >= 4 is 11.6 Å². The molecular formula is C21H27NO2. The maximum atomic E-state index is 12.3. The van der Waals surface area contributed by atoms with Gasteiger partial charge in [-0.05, 0) is 47.6 Å². The van der Waals surface area contributed by atoms with Gasteiger partial charge in [-0.15, -0.1) is 0 Å². The third-order valence-electron chi connectivity index (χ3n) is 3.98. The predicted octanol–water partition coefficient (Wildman–Crippen LogP) is 4.87. The molecule has 0 saturated heterocycles. The number of hydrogen-bond acceptors (Lipinski definition) is 2. The zero-order chi connectivity index (χ0) is 17.7. The van der Waals surface area contributed by atoms with Crippen LogP contribution in [0.2, 0.25) is 0 Å². The normalized spacial score (nSPS) is 11.2. The number of para-hydroxylation sites is 1. The molecule has 0 heterocycles. The number of ether oxygens (including phenoxy) is 1. The molecule has 3 heteroatoms. The van der Waals surface area contributed by atoms with Gasteiger partial charge in [0.15, 0.2) is 6.61 Å². The number of aryl methyl sites for hydroxylation is 2. The summed E-state index contributed by atoms with van der Waals surface area (Å²) in [6.45, 7) is 10.5. The van der Waals surface area contributed by atoms with Crippen LogP contribution in [0.25, 0.3) is 0 Å². The predicted molar refractivity (Wildman–Crippen MR) is 99.8 cm³/mol. The molecule has 0 bridgehead atoms. The number of rotatable bonds is 5. The zero-order valence-electron chi connectivity index (χ0n) is 15.3. The Morgan fingerprint density at radius 3 is 2.50 bits per heavy atom. The quantitative estimate of drug-likeness (QED) is 0.851. The third kappa shape index (κ3) is 4.60. The maximum Gasteiger partial charge on any atom is 0.262 e. The molecule has 0 unspecified atom stereocenters. The van der Waals surface area contributed by atoms with Crippen molar-refractivity contribution in [3.63, 3.8) is 0 Å². The maximum absolute atomic E-state index is 12.3. The molecule has 2 rings (SSSR count). The summed E-state index contributed by atoms with van der Waals surface area (Å²) in [7, 11) is 0. The monoisotopic (exact) mass is 325 g/mol. The number of benzene rings is 2. The van der Waals surface area contributed by atoms with Crippen molar-refractivity contribution in [1.82, 2.24) is 0 Å². The Morgan fingerprint density at radius 1 is 1.12 bits per heavy atom. The Morgan fingerprint density at radius 2 is 1.83 bits per heavy atom. The number of hydrogen-bond donors (Lipinski definition) is 1. The number of carbonyl (C=O) groups is 1. The number of carbonyl (C=O) groups excluding carboxylic acids is 1. The Kier molecular flexibility index (Phi) is 5.66. The van der Waals surface area contributed by atoms with Crippen molar-refractivity contribution in [2.24, 2.45) is 0 Å². The lowest BCUT2D eigenvalue weighted by Crippen LogP contribution is -2.22. The largest absolute Gasteiger partial charge is 0.483 e. The molecule has 2 aromatic rings. The van der Waals surface area contributed by atoms with Crippen LogP contribution in [-0.4, -0.2) is 12.5 Å². The van der Waals surface area contributed by atoms with E-state index in [9.17, 15) is 4.79 Å². The van der Waals surface area contributed by atoms with Crippen molar-refractivity contribution in [2.45, 2.75) is 46.5 Å². The fourth-order valence-electron chi connectivity index (χ4n) is 2.65. The summed E-state index contributed by atoms with van der Waals surface area (Å²) in [5, 5.41) is 2.94. The summed E-state index contributed by atoms with van der Waals surface area (Å²) >= 11 is 0. The fourth-order valence-corrected chi connectivity index (χ4v) is 2.65. The van der Waals surface area contributed by atoms with Gasteiger partial charge in [-0.25, -0.2) is 0 Å². The minimum Gasteiger partial charge on any atom is -0.483 e. The van der Waals surface area contributed by atoms with Crippen molar-refractivity contribution in [3.8, 4) is 5.75 Å². The first-order valence-corrected chi connectivity index (χ1v) is 8.43. The highest BCUT2D eigenvalue weighted by Crippen LogP contribution is 2.32. The van der Waals surface area contributed by atoms with Crippen molar-refractivity contribution in [3.05, 3.63) is 59.2 Å². The molecule has 24 heavy (non-hydrogen) atoms. The van der Waals surface area contributed by atoms with Gasteiger partial charge in [0.1, 0.15) is 5.75 Å². The standard InChI is InChI=1S/C21H27NO2/c1-6-16-9-7-8-10-18(16)22-20(23)14-24-19-13-15(2)11-12-17(19)21(3,4)5/h7-13H,6,14H2,1-5H3,(H,22,23). The first kappa shape index (κ1) is 18.1. The molecule has 0 atom stereocenters. The van der Waals surface area contributed by atoms with Crippen LogP contribution >= 0.6 is 0 Å². The molecule has 0 aliphatic carbocycles. The van der Waals surface area contributed by atoms with E-state index < -0.39 is 0 Å². The van der Waals surface area contributed by atoms with Gasteiger partial charge in [0.05, 0.1) is 0 Å². The summed E-state index contributed by atoms with van der Waals surface area (Å²) in [5.41, 5.74) is 4.17. The lowest BCUT2D eigenvalue weighted by molar-refractivity contribution is -0.118. The van der Waals surface area contributed by atoms with Crippen LogP contribution in [0, 0.1) is 6.92 Å². The third-order valence-corrected chi connectivity index (χ3v) is 3.98. The first-order chi connectivity index (χ1) is 11.3. The van der Waals surface area contributed by atoms with Crippen molar-refractivity contribution in [2.75, 3.05) is 11.9 Å². The van der Waals surface area contributed by atoms with E-state index in [1.807, 2.05) is 37.3 Å². The summed E-state index contributed by atoms with van der Waals surface area (Å²) in [4.78, 5) is 12.3. The van der Waals surface area contributed by atoms with Crippen LogP contribution in [0.15, 0.2) is 42.5 Å². The molecule has 0 aromatic heterocycles. The molecule has 0 fully saturated rings. The smallest absolute Gasteiger partial charge is 0.262 e. The van der Waals surface area contributed by atoms with Crippen LogP contribution in [0.1, 0.15) is 44.4 Å². The van der Waals surface area contributed by atoms with E-state index >= 15 is 0 Å². The van der Waals surface area contributed by atoms with Crippen LogP contribution in [0.3, 0.4) is 0 Å². The van der Waals surface area contributed by atoms with Crippen LogP contribution < -0.4 is 10.1 Å². The molecule has 0 spiro atoms. The van der Waals surface area contributed by atoms with E-state index in [1.54, 1.807) is 0 Å². The van der Waals surface area contributed by atoms with Gasteiger partial charge >= 0.3 is 0 Å². The topological polar surface area (TPSA) is 38.3 Å². The Labute approximate surface area is 145 Å². The van der Waals surface area contributed by atoms with Gasteiger partial charge in [-0.2, -0.15) is 0 Å². The van der Waals surface area contributed by atoms with E-state index in [0.29, 0.717) is 0 Å². The molecule has 1 amide bonds. The first-order valence-electron chi connectivity index (χ1n) is 8.43. The summed E-state index contributed by atoms with van der Waals surface area (Å²) < 4.78 is 5.84. The molecule has 3 nitrogen and oxygen atoms in total. The van der Waals surface area contributed by atoms with Gasteiger partial charge in [0.25, 0.3) is 5.91 Å². The van der Waals surface area contributed by atoms with Gasteiger partial charge in [0.2, 0.25) is 0 Å². The molecule has 0 aliphatic rings. The minimum atomic E-state index is -0.141. The van der Waals surface area contributed by atoms with Gasteiger partial charge in [0, 0.05) is 5.69 Å². The molecule has 128 valence electrons. The van der Waals surface area contributed by atoms with Crippen LogP contribution in [0.4, 0.5) is 5.69 Å². The zero-order valence-corrected chi connectivity index (χ0v) is 15.3. The number of amides is 1. The Balaban J connectivity index is 2.08. The summed E-state index contributed by atoms with van der Waals surface area (Å²) in [5.74, 6) is 0.638. The van der Waals surface area contributed by atoms with E-state index in [2.05, 4.69) is 45.1 Å². The molecule has 0 radical (unpaired) electrons. The molecular weight excluding hydrogens is 298 g/mol. The molecule has 1 N–H and O–H groups in total. The average molecular weight is 325 g/mol. The van der Waals surface area contributed by atoms with Gasteiger partial charge in [-0.1, -0.05) is 58.0 Å². The lowest BCUT2D eigenvalue weighted by Gasteiger charge is -2.23. The highest BCUT2D eigenvalue weighted by atomic mass is 16.5. The average Bonchev–Trinajstić information content (AvgIpc) is 2.52. The van der Waals surface area contributed by atoms with Gasteiger partial charge < -0.3 is 10.1 Å². The second kappa shape index (κ2) is 7.52. The van der Waals surface area contributed by atoms with E-state index in [-0.39, 0.29) is 17.9 Å².